The summed E-state index contributed by atoms with van der Waals surface area (Å²) in [7, 11) is 0. The second-order valence-corrected chi connectivity index (χ2v) is 5.90. The van der Waals surface area contributed by atoms with Crippen molar-refractivity contribution in [2.75, 3.05) is 36.0 Å². The zero-order valence-electron chi connectivity index (χ0n) is 14.1. The highest BCUT2D eigenvalue weighted by molar-refractivity contribution is 5.45. The maximum atomic E-state index is 12.8. The monoisotopic (exact) mass is 376 g/mol. The lowest BCUT2D eigenvalue weighted by molar-refractivity contribution is -0.141. The van der Waals surface area contributed by atoms with Gasteiger partial charge in [0.05, 0.1) is 0 Å². The minimum absolute atomic E-state index is 0.0874. The highest BCUT2D eigenvalue weighted by atomic mass is 19.4. The van der Waals surface area contributed by atoms with Crippen LogP contribution in [0.4, 0.5) is 24.9 Å². The summed E-state index contributed by atoms with van der Waals surface area (Å²) < 4.78 is 40.1. The average molecular weight is 376 g/mol. The third kappa shape index (κ3) is 3.66. The Labute approximate surface area is 152 Å². The van der Waals surface area contributed by atoms with Crippen molar-refractivity contribution < 1.29 is 13.2 Å². The normalized spacial score (nSPS) is 15.2. The van der Waals surface area contributed by atoms with E-state index >= 15 is 0 Å². The number of rotatable bonds is 3. The number of aromatic nitrogens is 6. The highest BCUT2D eigenvalue weighted by Crippen LogP contribution is 2.28. The molecular weight excluding hydrogens is 361 g/mol. The summed E-state index contributed by atoms with van der Waals surface area (Å²) in [4.78, 5) is 19.9. The molecule has 0 aromatic carbocycles. The molecule has 4 heterocycles. The predicted octanol–water partition coefficient (Wildman–Crippen LogP) is 1.80. The van der Waals surface area contributed by atoms with Crippen LogP contribution in [0.1, 0.15) is 5.69 Å². The van der Waals surface area contributed by atoms with Gasteiger partial charge in [-0.15, -0.1) is 0 Å². The first-order chi connectivity index (χ1) is 13.0. The van der Waals surface area contributed by atoms with Crippen molar-refractivity contribution in [1.29, 1.82) is 0 Å². The summed E-state index contributed by atoms with van der Waals surface area (Å²) in [5, 5.41) is 4.14. The number of hydrogen-bond donors (Lipinski definition) is 0. The maximum Gasteiger partial charge on any atom is 0.433 e. The molecule has 0 aliphatic carbocycles. The lowest BCUT2D eigenvalue weighted by atomic mass is 10.3. The van der Waals surface area contributed by atoms with Gasteiger partial charge in [-0.05, 0) is 12.1 Å². The van der Waals surface area contributed by atoms with Crippen molar-refractivity contribution in [3.8, 4) is 5.82 Å². The molecule has 1 saturated heterocycles. The van der Waals surface area contributed by atoms with E-state index in [9.17, 15) is 13.2 Å². The van der Waals surface area contributed by atoms with Crippen molar-refractivity contribution in [2.24, 2.45) is 0 Å². The van der Waals surface area contributed by atoms with Gasteiger partial charge in [0.2, 0.25) is 5.95 Å². The lowest BCUT2D eigenvalue weighted by Crippen LogP contribution is -2.47. The van der Waals surface area contributed by atoms with E-state index in [0.29, 0.717) is 32.0 Å². The van der Waals surface area contributed by atoms with E-state index in [2.05, 4.69) is 25.0 Å². The molecular formula is C16H15F3N8. The Kier molecular flexibility index (Phi) is 4.34. The van der Waals surface area contributed by atoms with Gasteiger partial charge in [-0.3, -0.25) is 0 Å². The Morgan fingerprint density at radius 2 is 1.63 bits per heavy atom. The van der Waals surface area contributed by atoms with Crippen LogP contribution in [0.25, 0.3) is 5.82 Å². The zero-order valence-corrected chi connectivity index (χ0v) is 14.1. The molecule has 0 spiro atoms. The molecule has 0 bridgehead atoms. The van der Waals surface area contributed by atoms with Crippen molar-refractivity contribution in [2.45, 2.75) is 6.18 Å². The van der Waals surface area contributed by atoms with E-state index in [1.165, 1.54) is 6.33 Å². The molecule has 3 aromatic heterocycles. The van der Waals surface area contributed by atoms with Crippen molar-refractivity contribution in [3.63, 3.8) is 0 Å². The quantitative estimate of drug-likeness (QED) is 0.690. The fraction of sp³-hybridized carbons (Fsp3) is 0.312. The van der Waals surface area contributed by atoms with E-state index < -0.39 is 11.9 Å². The van der Waals surface area contributed by atoms with Crippen LogP contribution in [-0.2, 0) is 6.18 Å². The van der Waals surface area contributed by atoms with Crippen molar-refractivity contribution in [1.82, 2.24) is 29.7 Å². The third-order valence-corrected chi connectivity index (χ3v) is 4.20. The molecule has 1 aliphatic heterocycles. The Bertz CT molecular complexity index is 904. The Morgan fingerprint density at radius 1 is 0.889 bits per heavy atom. The van der Waals surface area contributed by atoms with Gasteiger partial charge in [-0.1, -0.05) is 0 Å². The maximum absolute atomic E-state index is 12.8. The van der Waals surface area contributed by atoms with E-state index in [0.717, 1.165) is 18.1 Å². The second kappa shape index (κ2) is 6.82. The van der Waals surface area contributed by atoms with Crippen LogP contribution < -0.4 is 9.80 Å². The lowest BCUT2D eigenvalue weighted by Gasteiger charge is -2.35. The fourth-order valence-electron chi connectivity index (χ4n) is 2.83. The molecule has 0 unspecified atom stereocenters. The van der Waals surface area contributed by atoms with E-state index in [4.69, 9.17) is 0 Å². The van der Waals surface area contributed by atoms with Crippen LogP contribution in [0.15, 0.2) is 43.1 Å². The summed E-state index contributed by atoms with van der Waals surface area (Å²) >= 11 is 0. The van der Waals surface area contributed by atoms with Gasteiger partial charge in [0, 0.05) is 50.8 Å². The molecule has 0 atom stereocenters. The fourth-order valence-corrected chi connectivity index (χ4v) is 2.83. The molecule has 1 fully saturated rings. The number of halogens is 3. The van der Waals surface area contributed by atoms with E-state index in [1.807, 2.05) is 11.0 Å². The number of nitrogens with zero attached hydrogens (tertiary/aromatic N) is 8. The molecule has 0 amide bonds. The van der Waals surface area contributed by atoms with E-state index in [1.54, 1.807) is 28.0 Å². The molecule has 1 aliphatic rings. The minimum Gasteiger partial charge on any atom is -0.353 e. The third-order valence-electron chi connectivity index (χ3n) is 4.20. The molecule has 0 saturated carbocycles. The van der Waals surface area contributed by atoms with Crippen LogP contribution in [0.3, 0.4) is 0 Å². The minimum atomic E-state index is -4.48. The predicted molar refractivity (Wildman–Crippen MR) is 90.6 cm³/mol. The van der Waals surface area contributed by atoms with Crippen LogP contribution in [0, 0.1) is 0 Å². The summed E-state index contributed by atoms with van der Waals surface area (Å²) in [5.41, 5.74) is -0.936. The summed E-state index contributed by atoms with van der Waals surface area (Å²) in [6.07, 6.45) is 1.57. The average Bonchev–Trinajstić information content (AvgIpc) is 3.23. The van der Waals surface area contributed by atoms with Gasteiger partial charge >= 0.3 is 6.18 Å². The molecule has 0 N–H and O–H groups in total. The standard InChI is InChI=1S/C16H15F3N8/c17-16(18,19)12-2-4-20-15(24-12)26-8-6-25(7-9-26)13-10-14(22-11-21-13)27-5-1-3-23-27/h1-5,10-11H,6-9H2. The van der Waals surface area contributed by atoms with Gasteiger partial charge in [-0.25, -0.2) is 24.6 Å². The molecule has 8 nitrogen and oxygen atoms in total. The molecule has 4 rings (SSSR count). The van der Waals surface area contributed by atoms with Crippen LogP contribution in [-0.4, -0.2) is 55.9 Å². The number of alkyl halides is 3. The summed E-state index contributed by atoms with van der Waals surface area (Å²) in [5.74, 6) is 1.47. The first-order valence-electron chi connectivity index (χ1n) is 8.23. The Balaban J connectivity index is 1.46. The smallest absolute Gasteiger partial charge is 0.353 e. The molecule has 11 heteroatoms. The van der Waals surface area contributed by atoms with Crippen LogP contribution in [0.5, 0.6) is 0 Å². The Hall–Kier alpha value is -3.24. The van der Waals surface area contributed by atoms with Crippen LogP contribution in [0.2, 0.25) is 0 Å². The molecule has 3 aromatic rings. The van der Waals surface area contributed by atoms with Crippen molar-refractivity contribution in [3.05, 3.63) is 48.8 Å². The van der Waals surface area contributed by atoms with Gasteiger partial charge in [-0.2, -0.15) is 18.3 Å². The highest BCUT2D eigenvalue weighted by Gasteiger charge is 2.33. The number of hydrogen-bond acceptors (Lipinski definition) is 7. The second-order valence-electron chi connectivity index (χ2n) is 5.90. The molecule has 27 heavy (non-hydrogen) atoms. The molecule has 0 radical (unpaired) electrons. The van der Waals surface area contributed by atoms with E-state index in [-0.39, 0.29) is 5.95 Å². The summed E-state index contributed by atoms with van der Waals surface area (Å²) in [6, 6.07) is 4.50. The Morgan fingerprint density at radius 3 is 2.33 bits per heavy atom. The number of piperazine rings is 1. The number of anilines is 2. The SMILES string of the molecule is FC(F)(F)c1ccnc(N2CCN(c3cc(-n4cccn4)ncn3)CC2)n1. The van der Waals surface area contributed by atoms with Gasteiger partial charge < -0.3 is 9.80 Å². The van der Waals surface area contributed by atoms with Gasteiger partial charge in [0.15, 0.2) is 5.82 Å². The van der Waals surface area contributed by atoms with Crippen LogP contribution >= 0.6 is 0 Å². The van der Waals surface area contributed by atoms with Gasteiger partial charge in [0.1, 0.15) is 17.8 Å². The molecule has 140 valence electrons. The first kappa shape index (κ1) is 17.2. The first-order valence-corrected chi connectivity index (χ1v) is 8.23. The van der Waals surface area contributed by atoms with Gasteiger partial charge in [0.25, 0.3) is 0 Å². The zero-order chi connectivity index (χ0) is 18.9. The topological polar surface area (TPSA) is 75.9 Å². The van der Waals surface area contributed by atoms with Crippen molar-refractivity contribution >= 4 is 11.8 Å². The summed E-state index contributed by atoms with van der Waals surface area (Å²) in [6.45, 7) is 2.13. The largest absolute Gasteiger partial charge is 0.433 e.